The van der Waals surface area contributed by atoms with Crippen LogP contribution in [0.1, 0.15) is 12.8 Å². The summed E-state index contributed by atoms with van der Waals surface area (Å²) in [6, 6.07) is 35.4. The van der Waals surface area contributed by atoms with Crippen LogP contribution in [0.2, 0.25) is 6.04 Å². The molecule has 5 rings (SSSR count). The molecule has 0 aliphatic heterocycles. The van der Waals surface area contributed by atoms with Gasteiger partial charge < -0.3 is 0 Å². The normalized spacial score (nSPS) is 23.6. The number of benzene rings is 3. The zero-order valence-electron chi connectivity index (χ0n) is 15.7. The van der Waals surface area contributed by atoms with Crippen LogP contribution in [0.3, 0.4) is 0 Å². The number of allylic oxidation sites excluding steroid dienone is 2. The van der Waals surface area contributed by atoms with E-state index in [0.717, 1.165) is 17.8 Å². The van der Waals surface area contributed by atoms with Crippen molar-refractivity contribution in [3.8, 4) is 0 Å². The molecule has 1 fully saturated rings. The van der Waals surface area contributed by atoms with E-state index in [1.807, 2.05) is 0 Å². The predicted octanol–water partition coefficient (Wildman–Crippen LogP) is 4.37. The molecule has 1 heteroatoms. The first kappa shape index (κ1) is 16.8. The second-order valence-electron chi connectivity index (χ2n) is 8.25. The molecule has 1 saturated carbocycles. The van der Waals surface area contributed by atoms with Crippen LogP contribution in [0.25, 0.3) is 0 Å². The van der Waals surface area contributed by atoms with Crippen LogP contribution in [0.15, 0.2) is 103 Å². The van der Waals surface area contributed by atoms with Crippen molar-refractivity contribution in [3.05, 3.63) is 103 Å². The summed E-state index contributed by atoms with van der Waals surface area (Å²) < 4.78 is 0. The zero-order chi connectivity index (χ0) is 18.1. The molecule has 0 aromatic heterocycles. The SMILES string of the molecule is C1=CC2CC1CC2C[Si](c1ccccc1)(c1ccccc1)c1ccccc1. The van der Waals surface area contributed by atoms with Gasteiger partial charge in [0, 0.05) is 0 Å². The Bertz CT molecular complexity index is 818. The second kappa shape index (κ2) is 6.98. The molecule has 0 N–H and O–H groups in total. The summed E-state index contributed by atoms with van der Waals surface area (Å²) >= 11 is 0. The van der Waals surface area contributed by atoms with Crippen LogP contribution in [-0.4, -0.2) is 8.07 Å². The standard InChI is InChI=1S/C26H26Si/c1-4-10-24(11-5-1)27(25-12-6-2-7-13-25,26-14-8-3-9-15-26)20-23-19-21-16-17-22(23)18-21/h1-17,21-23H,18-20H2. The molecule has 0 amide bonds. The van der Waals surface area contributed by atoms with Crippen LogP contribution in [-0.2, 0) is 0 Å². The van der Waals surface area contributed by atoms with Gasteiger partial charge in [0.1, 0.15) is 8.07 Å². The Labute approximate surface area is 163 Å². The van der Waals surface area contributed by atoms with Crippen molar-refractivity contribution in [1.82, 2.24) is 0 Å². The molecule has 0 heterocycles. The van der Waals surface area contributed by atoms with Gasteiger partial charge in [0.25, 0.3) is 0 Å². The molecule has 0 nitrogen and oxygen atoms in total. The third-order valence-electron chi connectivity index (χ3n) is 6.78. The summed E-state index contributed by atoms with van der Waals surface area (Å²) in [5.74, 6) is 2.43. The first-order valence-corrected chi connectivity index (χ1v) is 12.4. The Morgan fingerprint density at radius 1 is 0.593 bits per heavy atom. The van der Waals surface area contributed by atoms with Crippen LogP contribution in [0, 0.1) is 17.8 Å². The van der Waals surface area contributed by atoms with Crippen LogP contribution >= 0.6 is 0 Å². The molecule has 2 bridgehead atoms. The lowest BCUT2D eigenvalue weighted by molar-refractivity contribution is 0.489. The fourth-order valence-electron chi connectivity index (χ4n) is 5.54. The van der Waals surface area contributed by atoms with Crippen molar-refractivity contribution in [1.29, 1.82) is 0 Å². The highest BCUT2D eigenvalue weighted by Gasteiger charge is 2.45. The molecule has 3 unspecified atom stereocenters. The molecule has 2 aliphatic rings. The summed E-state index contributed by atoms with van der Waals surface area (Å²) in [5.41, 5.74) is 0. The topological polar surface area (TPSA) is 0 Å². The maximum atomic E-state index is 2.51. The quantitative estimate of drug-likeness (QED) is 0.357. The molecule has 0 radical (unpaired) electrons. The van der Waals surface area contributed by atoms with Crippen LogP contribution in [0.4, 0.5) is 0 Å². The van der Waals surface area contributed by atoms with Crippen molar-refractivity contribution in [2.24, 2.45) is 17.8 Å². The van der Waals surface area contributed by atoms with E-state index < -0.39 is 8.07 Å². The van der Waals surface area contributed by atoms with Crippen molar-refractivity contribution >= 4 is 23.6 Å². The third-order valence-corrected chi connectivity index (χ3v) is 11.9. The lowest BCUT2D eigenvalue weighted by Crippen LogP contribution is -2.67. The molecule has 0 spiro atoms. The van der Waals surface area contributed by atoms with E-state index in [2.05, 4.69) is 103 Å². The molecular formula is C26H26Si. The summed E-state index contributed by atoms with van der Waals surface area (Å²) in [6.07, 6.45) is 7.74. The Kier molecular flexibility index (Phi) is 4.33. The van der Waals surface area contributed by atoms with Gasteiger partial charge in [0.15, 0.2) is 0 Å². The number of hydrogen-bond donors (Lipinski definition) is 0. The third kappa shape index (κ3) is 2.91. The summed E-state index contributed by atoms with van der Waals surface area (Å²) in [6.45, 7) is 0. The van der Waals surface area contributed by atoms with Gasteiger partial charge >= 0.3 is 0 Å². The van der Waals surface area contributed by atoms with Crippen LogP contribution < -0.4 is 15.6 Å². The fourth-order valence-corrected chi connectivity index (χ4v) is 10.8. The van der Waals surface area contributed by atoms with Gasteiger partial charge in [-0.25, -0.2) is 0 Å². The minimum Gasteiger partial charge on any atom is -0.0851 e. The van der Waals surface area contributed by atoms with E-state index in [9.17, 15) is 0 Å². The lowest BCUT2D eigenvalue weighted by Gasteiger charge is -2.37. The van der Waals surface area contributed by atoms with Gasteiger partial charge in [-0.1, -0.05) is 103 Å². The number of hydrogen-bond acceptors (Lipinski definition) is 0. The van der Waals surface area contributed by atoms with Crippen molar-refractivity contribution in [3.63, 3.8) is 0 Å². The highest BCUT2D eigenvalue weighted by molar-refractivity contribution is 7.11. The maximum absolute atomic E-state index is 2.51. The Hall–Kier alpha value is -2.38. The average Bonchev–Trinajstić information content (AvgIpc) is 3.37. The Balaban J connectivity index is 1.71. The maximum Gasteiger partial charge on any atom is 0.148 e. The summed E-state index contributed by atoms with van der Waals surface area (Å²) in [5, 5.41) is 4.65. The lowest BCUT2D eigenvalue weighted by atomic mass is 9.96. The van der Waals surface area contributed by atoms with Gasteiger partial charge in [-0.3, -0.25) is 0 Å². The van der Waals surface area contributed by atoms with Crippen molar-refractivity contribution < 1.29 is 0 Å². The van der Waals surface area contributed by atoms with Crippen molar-refractivity contribution in [2.75, 3.05) is 0 Å². The smallest absolute Gasteiger partial charge is 0.0851 e. The average molecular weight is 367 g/mol. The van der Waals surface area contributed by atoms with E-state index in [-0.39, 0.29) is 0 Å². The fraction of sp³-hybridized carbons (Fsp3) is 0.231. The molecule has 27 heavy (non-hydrogen) atoms. The first-order chi connectivity index (χ1) is 13.4. The van der Waals surface area contributed by atoms with E-state index >= 15 is 0 Å². The molecular weight excluding hydrogens is 340 g/mol. The Morgan fingerprint density at radius 3 is 1.44 bits per heavy atom. The highest BCUT2D eigenvalue weighted by atomic mass is 28.3. The van der Waals surface area contributed by atoms with E-state index in [1.54, 1.807) is 15.6 Å². The van der Waals surface area contributed by atoms with E-state index in [0.29, 0.717) is 0 Å². The predicted molar refractivity (Wildman–Crippen MR) is 118 cm³/mol. The first-order valence-electron chi connectivity index (χ1n) is 10.2. The second-order valence-corrected chi connectivity index (χ2v) is 12.2. The van der Waals surface area contributed by atoms with Gasteiger partial charge in [-0.2, -0.15) is 0 Å². The number of fused-ring (bicyclic) bond motifs is 2. The molecule has 0 saturated heterocycles. The molecule has 2 aliphatic carbocycles. The Morgan fingerprint density at radius 2 is 1.07 bits per heavy atom. The van der Waals surface area contributed by atoms with E-state index in [4.69, 9.17) is 0 Å². The minimum absolute atomic E-state index is 0.790. The van der Waals surface area contributed by atoms with Gasteiger partial charge in [0.2, 0.25) is 0 Å². The van der Waals surface area contributed by atoms with Crippen LogP contribution in [0.5, 0.6) is 0 Å². The van der Waals surface area contributed by atoms with Gasteiger partial charge in [0.05, 0.1) is 0 Å². The van der Waals surface area contributed by atoms with Gasteiger partial charge in [-0.15, -0.1) is 0 Å². The monoisotopic (exact) mass is 366 g/mol. The van der Waals surface area contributed by atoms with Gasteiger partial charge in [-0.05, 0) is 52.2 Å². The molecule has 3 aromatic rings. The zero-order valence-corrected chi connectivity index (χ0v) is 16.7. The largest absolute Gasteiger partial charge is 0.148 e. The van der Waals surface area contributed by atoms with E-state index in [1.165, 1.54) is 18.9 Å². The van der Waals surface area contributed by atoms with Crippen molar-refractivity contribution in [2.45, 2.75) is 18.9 Å². The summed E-state index contributed by atoms with van der Waals surface area (Å²) in [7, 11) is -2.06. The molecule has 134 valence electrons. The molecule has 3 atom stereocenters. The summed E-state index contributed by atoms with van der Waals surface area (Å²) in [4.78, 5) is 0. The highest BCUT2D eigenvalue weighted by Crippen LogP contribution is 2.46. The minimum atomic E-state index is -2.06. The molecule has 3 aromatic carbocycles. The number of rotatable bonds is 5.